The highest BCUT2D eigenvalue weighted by molar-refractivity contribution is 6.24. The van der Waals surface area contributed by atoms with E-state index in [1.807, 2.05) is 31.2 Å². The van der Waals surface area contributed by atoms with Crippen LogP contribution >= 0.6 is 0 Å². The summed E-state index contributed by atoms with van der Waals surface area (Å²) in [4.78, 5) is 39.3. The van der Waals surface area contributed by atoms with Crippen LogP contribution in [-0.4, -0.2) is 28.7 Å². The monoisotopic (exact) mass is 376 g/mol. The molecule has 142 valence electrons. The number of benzene rings is 2. The van der Waals surface area contributed by atoms with Gasteiger partial charge >= 0.3 is 0 Å². The van der Waals surface area contributed by atoms with Gasteiger partial charge in [0.05, 0.1) is 11.1 Å². The van der Waals surface area contributed by atoms with E-state index in [0.717, 1.165) is 16.0 Å². The quantitative estimate of drug-likeness (QED) is 0.833. The molecule has 2 aromatic carbocycles. The number of aryl methyl sites for hydroxylation is 1. The molecule has 0 radical (unpaired) electrons. The van der Waals surface area contributed by atoms with E-state index in [9.17, 15) is 14.4 Å². The van der Waals surface area contributed by atoms with Gasteiger partial charge in [0.2, 0.25) is 5.91 Å². The molecule has 1 atom stereocenters. The van der Waals surface area contributed by atoms with Crippen LogP contribution in [0.2, 0.25) is 0 Å². The van der Waals surface area contributed by atoms with Crippen LogP contribution in [0.25, 0.3) is 0 Å². The number of carbonyl (C=O) groups excluding carboxylic acids is 3. The first-order valence-electron chi connectivity index (χ1n) is 9.13. The Morgan fingerprint density at radius 3 is 2.68 bits per heavy atom. The van der Waals surface area contributed by atoms with E-state index in [1.165, 1.54) is 0 Å². The first-order valence-corrected chi connectivity index (χ1v) is 9.13. The van der Waals surface area contributed by atoms with E-state index in [4.69, 9.17) is 4.74 Å². The zero-order valence-electron chi connectivity index (χ0n) is 15.5. The molecular formula is C22H20N2O4. The second kappa shape index (κ2) is 6.96. The summed E-state index contributed by atoms with van der Waals surface area (Å²) < 4.78 is 5.87. The Morgan fingerprint density at radius 1 is 1.14 bits per heavy atom. The first kappa shape index (κ1) is 18.0. The fourth-order valence-corrected chi connectivity index (χ4v) is 3.65. The number of nitrogens with one attached hydrogen (secondary N) is 1. The molecule has 1 saturated heterocycles. The van der Waals surface area contributed by atoms with Crippen LogP contribution < -0.4 is 10.1 Å². The molecule has 0 aliphatic carbocycles. The molecule has 2 heterocycles. The molecule has 1 unspecified atom stereocenters. The predicted octanol–water partition coefficient (Wildman–Crippen LogP) is 2.96. The van der Waals surface area contributed by atoms with Gasteiger partial charge < -0.3 is 10.1 Å². The average molecular weight is 376 g/mol. The molecule has 1 N–H and O–H groups in total. The Hall–Kier alpha value is -3.41. The van der Waals surface area contributed by atoms with Crippen LogP contribution in [0.15, 0.2) is 54.7 Å². The highest BCUT2D eigenvalue weighted by Crippen LogP contribution is 2.34. The van der Waals surface area contributed by atoms with Crippen molar-refractivity contribution in [2.75, 3.05) is 0 Å². The van der Waals surface area contributed by atoms with Gasteiger partial charge in [0.15, 0.2) is 0 Å². The van der Waals surface area contributed by atoms with Gasteiger partial charge in [-0.2, -0.15) is 0 Å². The predicted molar refractivity (Wildman–Crippen MR) is 103 cm³/mol. The minimum absolute atomic E-state index is 0.220. The number of hydrogen-bond acceptors (Lipinski definition) is 4. The number of ether oxygens (including phenoxy) is 1. The summed E-state index contributed by atoms with van der Waals surface area (Å²) in [5.41, 5.74) is 3.17. The van der Waals surface area contributed by atoms with Gasteiger partial charge in [-0.3, -0.25) is 19.3 Å². The van der Waals surface area contributed by atoms with Crippen molar-refractivity contribution >= 4 is 17.7 Å². The van der Waals surface area contributed by atoms with Gasteiger partial charge in [0.25, 0.3) is 11.8 Å². The van der Waals surface area contributed by atoms with Crippen LogP contribution in [-0.2, 0) is 11.4 Å². The van der Waals surface area contributed by atoms with Gasteiger partial charge in [-0.15, -0.1) is 0 Å². The van der Waals surface area contributed by atoms with Gasteiger partial charge in [-0.05, 0) is 37.5 Å². The molecule has 1 fully saturated rings. The summed E-state index contributed by atoms with van der Waals surface area (Å²) in [6.07, 6.45) is 0.899. The number of imide groups is 1. The molecule has 0 aromatic heterocycles. The Labute approximate surface area is 162 Å². The first-order chi connectivity index (χ1) is 13.5. The van der Waals surface area contributed by atoms with Crippen LogP contribution in [0.4, 0.5) is 0 Å². The second-order valence-corrected chi connectivity index (χ2v) is 7.08. The van der Waals surface area contributed by atoms with Gasteiger partial charge in [0, 0.05) is 5.70 Å². The molecule has 6 nitrogen and oxygen atoms in total. The van der Waals surface area contributed by atoms with Crippen LogP contribution in [0, 0.1) is 6.92 Å². The Balaban J connectivity index is 1.61. The second-order valence-electron chi connectivity index (χ2n) is 7.08. The maximum absolute atomic E-state index is 13.0. The number of piperidine rings is 1. The van der Waals surface area contributed by atoms with E-state index in [1.54, 1.807) is 18.2 Å². The van der Waals surface area contributed by atoms with Gasteiger partial charge in [-0.25, -0.2) is 0 Å². The third-order valence-electron chi connectivity index (χ3n) is 5.02. The minimum Gasteiger partial charge on any atom is -0.488 e. The standard InChI is InChI=1S/C22H20N2O4/c1-13-5-3-6-15(11-13)12-28-18-8-4-7-16-19(18)22(27)24(21(16)26)17-10-9-14(2)23-20(17)25/h3-8,11,17H,2,9-10,12H2,1H3,(H,23,25). The fourth-order valence-electron chi connectivity index (χ4n) is 3.65. The summed E-state index contributed by atoms with van der Waals surface area (Å²) in [6, 6.07) is 12.0. The molecule has 2 aromatic rings. The lowest BCUT2D eigenvalue weighted by Gasteiger charge is -2.29. The summed E-state index contributed by atoms with van der Waals surface area (Å²) in [6.45, 7) is 6.01. The summed E-state index contributed by atoms with van der Waals surface area (Å²) in [5.74, 6) is -0.991. The normalized spacial score (nSPS) is 18.9. The topological polar surface area (TPSA) is 75.7 Å². The molecule has 3 amide bonds. The largest absolute Gasteiger partial charge is 0.488 e. The third-order valence-corrected chi connectivity index (χ3v) is 5.02. The van der Waals surface area contributed by atoms with E-state index < -0.39 is 17.9 Å². The lowest BCUT2D eigenvalue weighted by atomic mass is 10.0. The van der Waals surface area contributed by atoms with Crippen molar-refractivity contribution in [3.8, 4) is 5.75 Å². The minimum atomic E-state index is -0.831. The third kappa shape index (κ3) is 3.07. The number of fused-ring (bicyclic) bond motifs is 1. The highest BCUT2D eigenvalue weighted by Gasteiger charge is 2.45. The zero-order valence-corrected chi connectivity index (χ0v) is 15.5. The Morgan fingerprint density at radius 2 is 1.93 bits per heavy atom. The number of amides is 3. The molecule has 0 bridgehead atoms. The maximum atomic E-state index is 13.0. The average Bonchev–Trinajstić information content (AvgIpc) is 2.92. The SMILES string of the molecule is C=C1CCC(N2C(=O)c3cccc(OCc4cccc(C)c4)c3C2=O)C(=O)N1. The molecule has 0 spiro atoms. The highest BCUT2D eigenvalue weighted by atomic mass is 16.5. The zero-order chi connectivity index (χ0) is 19.8. The van der Waals surface area contributed by atoms with Crippen molar-refractivity contribution in [3.05, 3.63) is 77.0 Å². The number of hydrogen-bond donors (Lipinski definition) is 1. The smallest absolute Gasteiger partial charge is 0.266 e. The van der Waals surface area contributed by atoms with Gasteiger partial charge in [0.1, 0.15) is 18.4 Å². The number of allylic oxidation sites excluding steroid dienone is 1. The van der Waals surface area contributed by atoms with Crippen LogP contribution in [0.1, 0.15) is 44.7 Å². The Bertz CT molecular complexity index is 1010. The Kier molecular flexibility index (Phi) is 4.47. The molecule has 4 rings (SSSR count). The number of nitrogens with zero attached hydrogens (tertiary/aromatic N) is 1. The fraction of sp³-hybridized carbons (Fsp3) is 0.227. The van der Waals surface area contributed by atoms with E-state index in [-0.39, 0.29) is 23.6 Å². The number of rotatable bonds is 4. The lowest BCUT2D eigenvalue weighted by molar-refractivity contribution is -0.125. The maximum Gasteiger partial charge on any atom is 0.266 e. The van der Waals surface area contributed by atoms with Crippen molar-refractivity contribution in [3.63, 3.8) is 0 Å². The molecule has 6 heteroatoms. The molecule has 0 saturated carbocycles. The van der Waals surface area contributed by atoms with E-state index in [0.29, 0.717) is 24.3 Å². The van der Waals surface area contributed by atoms with Crippen LogP contribution in [0.5, 0.6) is 5.75 Å². The summed E-state index contributed by atoms with van der Waals surface area (Å²) in [7, 11) is 0. The van der Waals surface area contributed by atoms with Crippen molar-refractivity contribution in [2.45, 2.75) is 32.4 Å². The van der Waals surface area contributed by atoms with E-state index >= 15 is 0 Å². The molecular weight excluding hydrogens is 356 g/mol. The summed E-state index contributed by atoms with van der Waals surface area (Å²) >= 11 is 0. The molecule has 2 aliphatic rings. The van der Waals surface area contributed by atoms with E-state index in [2.05, 4.69) is 11.9 Å². The molecule has 2 aliphatic heterocycles. The van der Waals surface area contributed by atoms with Crippen LogP contribution in [0.3, 0.4) is 0 Å². The lowest BCUT2D eigenvalue weighted by Crippen LogP contribution is -2.51. The summed E-state index contributed by atoms with van der Waals surface area (Å²) in [5, 5.41) is 2.63. The van der Waals surface area contributed by atoms with Crippen molar-refractivity contribution < 1.29 is 19.1 Å². The van der Waals surface area contributed by atoms with Gasteiger partial charge in [-0.1, -0.05) is 42.5 Å². The number of carbonyl (C=O) groups is 3. The van der Waals surface area contributed by atoms with Crippen molar-refractivity contribution in [2.24, 2.45) is 0 Å². The van der Waals surface area contributed by atoms with Crippen molar-refractivity contribution in [1.82, 2.24) is 10.2 Å². The molecule has 28 heavy (non-hydrogen) atoms. The van der Waals surface area contributed by atoms with Crippen molar-refractivity contribution in [1.29, 1.82) is 0 Å².